The Hall–Kier alpha value is -2.31. The van der Waals surface area contributed by atoms with E-state index in [2.05, 4.69) is 27.1 Å². The van der Waals surface area contributed by atoms with Crippen molar-refractivity contribution in [1.82, 2.24) is 9.97 Å². The first-order valence-electron chi connectivity index (χ1n) is 8.41. The summed E-state index contributed by atoms with van der Waals surface area (Å²) in [7, 11) is 0. The molecule has 0 aliphatic carbocycles. The predicted octanol–water partition coefficient (Wildman–Crippen LogP) is 4.26. The van der Waals surface area contributed by atoms with E-state index in [0.29, 0.717) is 11.4 Å². The number of hydrogen-bond donors (Lipinski definition) is 1. The zero-order chi connectivity index (χ0) is 17.8. The number of benzene rings is 1. The summed E-state index contributed by atoms with van der Waals surface area (Å²) >= 11 is 0. The standard InChI is InChI=1S/C18H19F3N4/c1-3-17-7-8-25(10-17)14-11(2)22-15(23-16(14)24-17)12-5-4-6-13(9-12)18(19,20)21/h4-6,9H,3,7-8,10H2,1-2H3,(H,22,23,24)/t17-/m0/s1. The maximum absolute atomic E-state index is 13.0. The molecule has 4 nitrogen and oxygen atoms in total. The van der Waals surface area contributed by atoms with Gasteiger partial charge in [-0.05, 0) is 31.9 Å². The van der Waals surface area contributed by atoms with E-state index in [9.17, 15) is 13.2 Å². The second-order valence-corrected chi connectivity index (χ2v) is 6.84. The summed E-state index contributed by atoms with van der Waals surface area (Å²) in [6.07, 6.45) is -2.38. The van der Waals surface area contributed by atoms with Crippen LogP contribution in [0, 0.1) is 6.92 Å². The molecule has 1 aromatic carbocycles. The minimum absolute atomic E-state index is 0.00111. The number of fused-ring (bicyclic) bond motifs is 4. The number of nitrogens with one attached hydrogen (secondary N) is 1. The number of hydrogen-bond acceptors (Lipinski definition) is 4. The molecule has 4 rings (SSSR count). The van der Waals surface area contributed by atoms with Crippen LogP contribution in [0.4, 0.5) is 24.7 Å². The Balaban J connectivity index is 1.80. The van der Waals surface area contributed by atoms with Gasteiger partial charge in [-0.15, -0.1) is 0 Å². The lowest BCUT2D eigenvalue weighted by Crippen LogP contribution is -2.45. The van der Waals surface area contributed by atoms with E-state index in [-0.39, 0.29) is 5.54 Å². The van der Waals surface area contributed by atoms with Crippen LogP contribution < -0.4 is 10.2 Å². The number of aromatic nitrogens is 2. The van der Waals surface area contributed by atoms with Crippen LogP contribution >= 0.6 is 0 Å². The number of aryl methyl sites for hydroxylation is 1. The van der Waals surface area contributed by atoms with E-state index in [1.807, 2.05) is 6.92 Å². The largest absolute Gasteiger partial charge is 0.416 e. The van der Waals surface area contributed by atoms with E-state index in [1.54, 1.807) is 6.07 Å². The Labute approximate surface area is 144 Å². The lowest BCUT2D eigenvalue weighted by Gasteiger charge is -2.37. The first-order valence-corrected chi connectivity index (χ1v) is 8.41. The molecule has 1 atom stereocenters. The van der Waals surface area contributed by atoms with Gasteiger partial charge in [0.05, 0.1) is 16.8 Å². The number of halogens is 3. The normalized spacial score (nSPS) is 21.9. The van der Waals surface area contributed by atoms with Gasteiger partial charge in [-0.3, -0.25) is 0 Å². The molecule has 25 heavy (non-hydrogen) atoms. The Kier molecular flexibility index (Phi) is 3.46. The topological polar surface area (TPSA) is 41.1 Å². The molecule has 2 aromatic rings. The van der Waals surface area contributed by atoms with Gasteiger partial charge in [0.1, 0.15) is 5.69 Å². The van der Waals surface area contributed by atoms with Crippen molar-refractivity contribution in [1.29, 1.82) is 0 Å². The molecule has 2 aliphatic heterocycles. The van der Waals surface area contributed by atoms with E-state index in [1.165, 1.54) is 6.07 Å². The monoisotopic (exact) mass is 348 g/mol. The van der Waals surface area contributed by atoms with Crippen molar-refractivity contribution in [3.63, 3.8) is 0 Å². The fourth-order valence-electron chi connectivity index (χ4n) is 3.79. The van der Waals surface area contributed by atoms with Crippen LogP contribution in [0.1, 0.15) is 31.0 Å². The molecule has 0 spiro atoms. The molecule has 0 unspecified atom stereocenters. The zero-order valence-electron chi connectivity index (χ0n) is 14.1. The van der Waals surface area contributed by atoms with Crippen molar-refractivity contribution < 1.29 is 13.2 Å². The summed E-state index contributed by atoms with van der Waals surface area (Å²) in [6, 6.07) is 5.17. The fraction of sp³-hybridized carbons (Fsp3) is 0.444. The van der Waals surface area contributed by atoms with E-state index >= 15 is 0 Å². The van der Waals surface area contributed by atoms with Gasteiger partial charge in [0.25, 0.3) is 0 Å². The second-order valence-electron chi connectivity index (χ2n) is 6.84. The maximum atomic E-state index is 13.0. The molecule has 0 saturated carbocycles. The van der Waals surface area contributed by atoms with E-state index in [4.69, 9.17) is 0 Å². The molecule has 7 heteroatoms. The number of alkyl halides is 3. The molecular weight excluding hydrogens is 329 g/mol. The minimum Gasteiger partial charge on any atom is -0.365 e. The van der Waals surface area contributed by atoms with Crippen molar-refractivity contribution in [3.05, 3.63) is 35.5 Å². The van der Waals surface area contributed by atoms with Crippen LogP contribution in [-0.4, -0.2) is 28.6 Å². The molecule has 3 heterocycles. The molecule has 1 fully saturated rings. The summed E-state index contributed by atoms with van der Waals surface area (Å²) in [5.41, 5.74) is 1.44. The second kappa shape index (κ2) is 5.34. The first kappa shape index (κ1) is 16.2. The van der Waals surface area contributed by atoms with Gasteiger partial charge in [-0.2, -0.15) is 13.2 Å². The first-order chi connectivity index (χ1) is 11.8. The average Bonchev–Trinajstić information content (AvgIpc) is 2.91. The molecule has 132 valence electrons. The van der Waals surface area contributed by atoms with Crippen molar-refractivity contribution in [2.45, 2.75) is 38.4 Å². The van der Waals surface area contributed by atoms with E-state index < -0.39 is 11.7 Å². The average molecular weight is 348 g/mol. The third kappa shape index (κ3) is 2.62. The summed E-state index contributed by atoms with van der Waals surface area (Å²) in [6.45, 7) is 5.89. The molecule has 2 bridgehead atoms. The van der Waals surface area contributed by atoms with Gasteiger partial charge < -0.3 is 10.2 Å². The Morgan fingerprint density at radius 3 is 2.80 bits per heavy atom. The van der Waals surface area contributed by atoms with Gasteiger partial charge in [0, 0.05) is 18.7 Å². The van der Waals surface area contributed by atoms with Gasteiger partial charge in [0.15, 0.2) is 11.6 Å². The predicted molar refractivity (Wildman–Crippen MR) is 90.7 cm³/mol. The smallest absolute Gasteiger partial charge is 0.365 e. The number of rotatable bonds is 2. The van der Waals surface area contributed by atoms with E-state index in [0.717, 1.165) is 55.3 Å². The van der Waals surface area contributed by atoms with Crippen molar-refractivity contribution in [3.8, 4) is 11.4 Å². The number of nitrogens with zero attached hydrogens (tertiary/aromatic N) is 3. The third-order valence-corrected chi connectivity index (χ3v) is 5.24. The third-order valence-electron chi connectivity index (χ3n) is 5.24. The van der Waals surface area contributed by atoms with Crippen LogP contribution in [-0.2, 0) is 6.18 Å². The molecule has 0 radical (unpaired) electrons. The maximum Gasteiger partial charge on any atom is 0.416 e. The van der Waals surface area contributed by atoms with Crippen molar-refractivity contribution in [2.75, 3.05) is 23.3 Å². The lowest BCUT2D eigenvalue weighted by atomic mass is 9.94. The highest BCUT2D eigenvalue weighted by molar-refractivity contribution is 5.76. The molecule has 1 aromatic heterocycles. The van der Waals surface area contributed by atoms with Crippen LogP contribution in [0.25, 0.3) is 11.4 Å². The van der Waals surface area contributed by atoms with Crippen LogP contribution in [0.5, 0.6) is 0 Å². The zero-order valence-corrected chi connectivity index (χ0v) is 14.1. The van der Waals surface area contributed by atoms with Gasteiger partial charge >= 0.3 is 6.18 Å². The number of anilines is 2. The molecular formula is C18H19F3N4. The lowest BCUT2D eigenvalue weighted by molar-refractivity contribution is -0.137. The van der Waals surface area contributed by atoms with Gasteiger partial charge in [-0.1, -0.05) is 19.1 Å². The summed E-state index contributed by atoms with van der Waals surface area (Å²) in [5, 5.41) is 3.53. The highest BCUT2D eigenvalue weighted by Gasteiger charge is 2.43. The van der Waals surface area contributed by atoms with Gasteiger partial charge in [0.2, 0.25) is 0 Å². The Morgan fingerprint density at radius 2 is 2.08 bits per heavy atom. The Bertz CT molecular complexity index is 834. The van der Waals surface area contributed by atoms with Crippen molar-refractivity contribution >= 4 is 11.5 Å². The molecule has 2 aliphatic rings. The molecule has 0 amide bonds. The summed E-state index contributed by atoms with van der Waals surface area (Å²) < 4.78 is 39.0. The highest BCUT2D eigenvalue weighted by atomic mass is 19.4. The van der Waals surface area contributed by atoms with Crippen molar-refractivity contribution in [2.24, 2.45) is 0 Å². The van der Waals surface area contributed by atoms with Crippen LogP contribution in [0.2, 0.25) is 0 Å². The Morgan fingerprint density at radius 1 is 1.28 bits per heavy atom. The molecule has 1 N–H and O–H groups in total. The summed E-state index contributed by atoms with van der Waals surface area (Å²) in [5.74, 6) is 1.05. The fourth-order valence-corrected chi connectivity index (χ4v) is 3.79. The molecule has 1 saturated heterocycles. The van der Waals surface area contributed by atoms with Crippen LogP contribution in [0.3, 0.4) is 0 Å². The highest BCUT2D eigenvalue weighted by Crippen LogP contribution is 2.43. The SMILES string of the molecule is CC[C@]12CCN(C1)c1c(C)nc(-c3cccc(C(F)(F)F)c3)nc1N2. The quantitative estimate of drug-likeness (QED) is 0.881. The minimum atomic E-state index is -4.38. The summed E-state index contributed by atoms with van der Waals surface area (Å²) in [4.78, 5) is 11.3. The van der Waals surface area contributed by atoms with Crippen LogP contribution in [0.15, 0.2) is 24.3 Å². The van der Waals surface area contributed by atoms with Gasteiger partial charge in [-0.25, -0.2) is 9.97 Å².